The number of rotatable bonds is 5. The minimum Gasteiger partial charge on any atom is -0.358 e. The zero-order chi connectivity index (χ0) is 16.8. The Bertz CT molecular complexity index is 765. The SMILES string of the molecule is C[C@@H](NC(=S)NCc1cccs1)c1ccc(-c2ccccc2)cc1. The van der Waals surface area contributed by atoms with Crippen molar-refractivity contribution in [1.82, 2.24) is 10.6 Å². The largest absolute Gasteiger partial charge is 0.358 e. The van der Waals surface area contributed by atoms with Crippen LogP contribution in [0.15, 0.2) is 72.1 Å². The molecule has 1 atom stereocenters. The van der Waals surface area contributed by atoms with E-state index in [-0.39, 0.29) is 6.04 Å². The molecule has 0 spiro atoms. The van der Waals surface area contributed by atoms with Crippen molar-refractivity contribution in [1.29, 1.82) is 0 Å². The van der Waals surface area contributed by atoms with Gasteiger partial charge >= 0.3 is 0 Å². The highest BCUT2D eigenvalue weighted by Crippen LogP contribution is 2.21. The second kappa shape index (κ2) is 8.08. The summed E-state index contributed by atoms with van der Waals surface area (Å²) in [6.45, 7) is 2.89. The molecule has 4 heteroatoms. The van der Waals surface area contributed by atoms with E-state index in [4.69, 9.17) is 12.2 Å². The molecular formula is C20H20N2S2. The fraction of sp³-hybridized carbons (Fsp3) is 0.150. The van der Waals surface area contributed by atoms with Gasteiger partial charge < -0.3 is 10.6 Å². The van der Waals surface area contributed by atoms with Crippen molar-refractivity contribution in [3.63, 3.8) is 0 Å². The molecular weight excluding hydrogens is 332 g/mol. The van der Waals surface area contributed by atoms with E-state index in [2.05, 4.69) is 83.6 Å². The fourth-order valence-corrected chi connectivity index (χ4v) is 3.40. The van der Waals surface area contributed by atoms with Gasteiger partial charge in [0.2, 0.25) is 0 Å². The lowest BCUT2D eigenvalue weighted by Gasteiger charge is -2.17. The van der Waals surface area contributed by atoms with Crippen LogP contribution in [0.1, 0.15) is 23.4 Å². The van der Waals surface area contributed by atoms with Crippen LogP contribution in [-0.2, 0) is 6.54 Å². The molecule has 0 radical (unpaired) electrons. The average Bonchev–Trinajstić information content (AvgIpc) is 3.14. The van der Waals surface area contributed by atoms with Crippen molar-refractivity contribution in [2.75, 3.05) is 0 Å². The molecule has 0 bridgehead atoms. The zero-order valence-corrected chi connectivity index (χ0v) is 15.2. The summed E-state index contributed by atoms with van der Waals surface area (Å²) < 4.78 is 0. The third-order valence-corrected chi connectivity index (χ3v) is 5.01. The van der Waals surface area contributed by atoms with Gasteiger partial charge in [-0.1, -0.05) is 60.7 Å². The Hall–Kier alpha value is -2.17. The van der Waals surface area contributed by atoms with Crippen LogP contribution in [0.2, 0.25) is 0 Å². The average molecular weight is 353 g/mol. The lowest BCUT2D eigenvalue weighted by atomic mass is 10.0. The van der Waals surface area contributed by atoms with Gasteiger partial charge in [0.1, 0.15) is 0 Å². The Morgan fingerprint density at radius 3 is 2.33 bits per heavy atom. The monoisotopic (exact) mass is 352 g/mol. The topological polar surface area (TPSA) is 24.1 Å². The molecule has 24 heavy (non-hydrogen) atoms. The van der Waals surface area contributed by atoms with Crippen LogP contribution in [-0.4, -0.2) is 5.11 Å². The van der Waals surface area contributed by atoms with Crippen LogP contribution in [0.3, 0.4) is 0 Å². The number of nitrogens with one attached hydrogen (secondary N) is 2. The third kappa shape index (κ3) is 4.43. The predicted octanol–water partition coefficient (Wildman–Crippen LogP) is 5.14. The highest BCUT2D eigenvalue weighted by atomic mass is 32.1. The third-order valence-electron chi connectivity index (χ3n) is 3.87. The first-order valence-electron chi connectivity index (χ1n) is 7.94. The van der Waals surface area contributed by atoms with Crippen LogP contribution in [0, 0.1) is 0 Å². The van der Waals surface area contributed by atoms with E-state index in [1.165, 1.54) is 21.6 Å². The van der Waals surface area contributed by atoms with E-state index < -0.39 is 0 Å². The molecule has 0 aliphatic carbocycles. The van der Waals surface area contributed by atoms with Crippen LogP contribution < -0.4 is 10.6 Å². The molecule has 2 N–H and O–H groups in total. The zero-order valence-electron chi connectivity index (χ0n) is 13.5. The first-order chi connectivity index (χ1) is 11.7. The molecule has 3 rings (SSSR count). The number of thiocarbonyl (C=S) groups is 1. The molecule has 0 aliphatic heterocycles. The summed E-state index contributed by atoms with van der Waals surface area (Å²) in [4.78, 5) is 1.28. The first-order valence-corrected chi connectivity index (χ1v) is 9.23. The highest BCUT2D eigenvalue weighted by molar-refractivity contribution is 7.80. The van der Waals surface area contributed by atoms with Crippen LogP contribution in [0.25, 0.3) is 11.1 Å². The second-order valence-corrected chi connectivity index (χ2v) is 7.06. The molecule has 0 saturated carbocycles. The lowest BCUT2D eigenvalue weighted by Crippen LogP contribution is -2.36. The highest BCUT2D eigenvalue weighted by Gasteiger charge is 2.07. The van der Waals surface area contributed by atoms with Crippen LogP contribution >= 0.6 is 23.6 Å². The summed E-state index contributed by atoms with van der Waals surface area (Å²) in [5.41, 5.74) is 3.68. The summed E-state index contributed by atoms with van der Waals surface area (Å²) in [6, 6.07) is 23.4. The fourth-order valence-electron chi connectivity index (χ4n) is 2.51. The molecule has 122 valence electrons. The summed E-state index contributed by atoms with van der Waals surface area (Å²) >= 11 is 7.12. The van der Waals surface area contributed by atoms with Gasteiger partial charge in [-0.3, -0.25) is 0 Å². The molecule has 0 saturated heterocycles. The van der Waals surface area contributed by atoms with E-state index >= 15 is 0 Å². The maximum absolute atomic E-state index is 5.39. The quantitative estimate of drug-likeness (QED) is 0.622. The molecule has 2 nitrogen and oxygen atoms in total. The Kier molecular flexibility index (Phi) is 5.62. The molecule has 1 aromatic heterocycles. The summed E-state index contributed by atoms with van der Waals surface area (Å²) in [5, 5.41) is 9.35. The molecule has 3 aromatic rings. The Morgan fingerprint density at radius 1 is 0.958 bits per heavy atom. The van der Waals surface area contributed by atoms with Crippen molar-refractivity contribution in [3.8, 4) is 11.1 Å². The van der Waals surface area contributed by atoms with Crippen molar-refractivity contribution < 1.29 is 0 Å². The first kappa shape index (κ1) is 16.7. The molecule has 0 unspecified atom stereocenters. The van der Waals surface area contributed by atoms with E-state index in [0.29, 0.717) is 5.11 Å². The summed E-state index contributed by atoms with van der Waals surface area (Å²) in [6.07, 6.45) is 0. The molecule has 1 heterocycles. The van der Waals surface area contributed by atoms with Gasteiger partial charge in [-0.05, 0) is 47.3 Å². The number of hydrogen-bond donors (Lipinski definition) is 2. The Balaban J connectivity index is 1.56. The van der Waals surface area contributed by atoms with Crippen LogP contribution in [0.5, 0.6) is 0 Å². The van der Waals surface area contributed by atoms with Gasteiger partial charge in [-0.2, -0.15) is 0 Å². The summed E-state index contributed by atoms with van der Waals surface area (Å²) in [7, 11) is 0. The van der Waals surface area contributed by atoms with Crippen molar-refractivity contribution in [3.05, 3.63) is 82.6 Å². The predicted molar refractivity (Wildman–Crippen MR) is 107 cm³/mol. The van der Waals surface area contributed by atoms with Crippen molar-refractivity contribution >= 4 is 28.7 Å². The van der Waals surface area contributed by atoms with E-state index in [1.54, 1.807) is 11.3 Å². The normalized spacial score (nSPS) is 11.7. The van der Waals surface area contributed by atoms with Gasteiger partial charge in [0.25, 0.3) is 0 Å². The Labute approximate surface area is 152 Å². The molecule has 0 amide bonds. The number of thiophene rings is 1. The van der Waals surface area contributed by atoms with Crippen molar-refractivity contribution in [2.45, 2.75) is 19.5 Å². The smallest absolute Gasteiger partial charge is 0.167 e. The molecule has 2 aromatic carbocycles. The maximum Gasteiger partial charge on any atom is 0.167 e. The number of hydrogen-bond acceptors (Lipinski definition) is 2. The molecule has 0 aliphatic rings. The number of benzene rings is 2. The minimum absolute atomic E-state index is 0.165. The van der Waals surface area contributed by atoms with Gasteiger partial charge in [0.15, 0.2) is 5.11 Å². The van der Waals surface area contributed by atoms with E-state index in [0.717, 1.165) is 6.54 Å². The van der Waals surface area contributed by atoms with Gasteiger partial charge in [0.05, 0.1) is 12.6 Å². The van der Waals surface area contributed by atoms with E-state index in [1.807, 2.05) is 6.07 Å². The van der Waals surface area contributed by atoms with E-state index in [9.17, 15) is 0 Å². The second-order valence-electron chi connectivity index (χ2n) is 5.62. The van der Waals surface area contributed by atoms with Gasteiger partial charge in [0, 0.05) is 4.88 Å². The van der Waals surface area contributed by atoms with Crippen molar-refractivity contribution in [2.24, 2.45) is 0 Å². The van der Waals surface area contributed by atoms with Crippen LogP contribution in [0.4, 0.5) is 0 Å². The van der Waals surface area contributed by atoms with Gasteiger partial charge in [-0.25, -0.2) is 0 Å². The summed E-state index contributed by atoms with van der Waals surface area (Å²) in [5.74, 6) is 0. The standard InChI is InChI=1S/C20H20N2S2/c1-15(22-20(23)21-14-19-8-5-13-24-19)16-9-11-18(12-10-16)17-6-3-2-4-7-17/h2-13,15H,14H2,1H3,(H2,21,22,23)/t15-/m1/s1. The van der Waals surface area contributed by atoms with Gasteiger partial charge in [-0.15, -0.1) is 11.3 Å². The minimum atomic E-state index is 0.165. The lowest BCUT2D eigenvalue weighted by molar-refractivity contribution is 0.699. The Morgan fingerprint density at radius 2 is 1.67 bits per heavy atom. The molecule has 0 fully saturated rings. The maximum atomic E-state index is 5.39.